The second kappa shape index (κ2) is 7.06. The van der Waals surface area contributed by atoms with E-state index >= 15 is 0 Å². The third-order valence-corrected chi connectivity index (χ3v) is 4.85. The van der Waals surface area contributed by atoms with Crippen LogP contribution < -0.4 is 10.6 Å². The van der Waals surface area contributed by atoms with Crippen molar-refractivity contribution < 1.29 is 9.90 Å². The molecule has 2 heterocycles. The summed E-state index contributed by atoms with van der Waals surface area (Å²) in [6, 6.07) is 8.93. The number of hydrogen-bond donors (Lipinski definition) is 2. The van der Waals surface area contributed by atoms with Crippen molar-refractivity contribution in [3.05, 3.63) is 30.3 Å². The lowest BCUT2D eigenvalue weighted by Gasteiger charge is -2.43. The van der Waals surface area contributed by atoms with E-state index in [2.05, 4.69) is 15.1 Å². The highest BCUT2D eigenvalue weighted by Gasteiger charge is 2.34. The summed E-state index contributed by atoms with van der Waals surface area (Å²) in [6.45, 7) is 9.84. The van der Waals surface area contributed by atoms with Crippen LogP contribution in [0.2, 0.25) is 0 Å². The molecule has 1 aromatic carbocycles. The Morgan fingerprint density at radius 2 is 1.93 bits per heavy atom. The van der Waals surface area contributed by atoms with Gasteiger partial charge in [-0.05, 0) is 25.1 Å². The van der Waals surface area contributed by atoms with Gasteiger partial charge in [0.05, 0.1) is 11.4 Å². The third kappa shape index (κ3) is 3.82. The smallest absolute Gasteiger partial charge is 0.228 e. The number of amides is 1. The van der Waals surface area contributed by atoms with E-state index in [0.717, 1.165) is 5.69 Å². The molecule has 0 bridgehead atoms. The molecule has 1 saturated heterocycles. The fourth-order valence-electron chi connectivity index (χ4n) is 3.38. The van der Waals surface area contributed by atoms with E-state index in [1.165, 1.54) is 0 Å². The zero-order valence-electron chi connectivity index (χ0n) is 16.3. The molecule has 1 aliphatic heterocycles. The number of anilines is 2. The number of aromatic hydroxyl groups is 1. The standard InChI is InChI=1S/C20H27N5O2/c1-13-12-24(9-10-25(13)19(27)20(2,3)4)16-11-15(22-23-18(16)21)14-7-5-6-8-17(14)26/h5-8,11,13,26H,9-10,12H2,1-4H3,(H2,21,23)/t13-/m1/s1. The Morgan fingerprint density at radius 3 is 2.56 bits per heavy atom. The molecular formula is C20H27N5O2. The van der Waals surface area contributed by atoms with Crippen molar-refractivity contribution >= 4 is 17.4 Å². The average molecular weight is 369 g/mol. The molecule has 27 heavy (non-hydrogen) atoms. The number of benzene rings is 1. The van der Waals surface area contributed by atoms with Crippen LogP contribution in [-0.2, 0) is 4.79 Å². The summed E-state index contributed by atoms with van der Waals surface area (Å²) in [4.78, 5) is 16.7. The number of phenolic OH excluding ortho intramolecular Hbond substituents is 1. The normalized spacial score (nSPS) is 17.9. The van der Waals surface area contributed by atoms with Crippen molar-refractivity contribution in [2.75, 3.05) is 30.3 Å². The number of rotatable bonds is 2. The van der Waals surface area contributed by atoms with Crippen LogP contribution in [0, 0.1) is 5.41 Å². The summed E-state index contributed by atoms with van der Waals surface area (Å²) < 4.78 is 0. The SMILES string of the molecule is C[C@@H]1CN(c2cc(-c3ccccc3O)nnc2N)CCN1C(=O)C(C)(C)C. The molecule has 2 aromatic rings. The summed E-state index contributed by atoms with van der Waals surface area (Å²) in [5, 5.41) is 18.3. The largest absolute Gasteiger partial charge is 0.507 e. The lowest BCUT2D eigenvalue weighted by atomic mass is 9.93. The van der Waals surface area contributed by atoms with Crippen LogP contribution in [0.1, 0.15) is 27.7 Å². The van der Waals surface area contributed by atoms with Gasteiger partial charge in [0.1, 0.15) is 5.75 Å². The predicted octanol–water partition coefficient (Wildman–Crippen LogP) is 2.51. The molecule has 7 heteroatoms. The number of hydrogen-bond acceptors (Lipinski definition) is 6. The first-order chi connectivity index (χ1) is 12.7. The van der Waals surface area contributed by atoms with Crippen LogP contribution in [0.15, 0.2) is 30.3 Å². The first-order valence-corrected chi connectivity index (χ1v) is 9.16. The molecule has 1 amide bonds. The van der Waals surface area contributed by atoms with Gasteiger partial charge < -0.3 is 20.6 Å². The van der Waals surface area contributed by atoms with Crippen LogP contribution in [0.25, 0.3) is 11.3 Å². The van der Waals surface area contributed by atoms with Crippen LogP contribution in [0.5, 0.6) is 5.75 Å². The molecule has 3 N–H and O–H groups in total. The number of piperazine rings is 1. The van der Waals surface area contributed by atoms with E-state index in [1.807, 2.05) is 44.7 Å². The third-order valence-electron chi connectivity index (χ3n) is 4.85. The first-order valence-electron chi connectivity index (χ1n) is 9.16. The van der Waals surface area contributed by atoms with Crippen molar-refractivity contribution in [2.45, 2.75) is 33.7 Å². The Balaban J connectivity index is 1.85. The molecule has 1 aliphatic rings. The second-order valence-electron chi connectivity index (χ2n) is 8.06. The highest BCUT2D eigenvalue weighted by molar-refractivity contribution is 5.82. The summed E-state index contributed by atoms with van der Waals surface area (Å²) in [5.74, 6) is 0.652. The molecule has 0 spiro atoms. The fraction of sp³-hybridized carbons (Fsp3) is 0.450. The van der Waals surface area contributed by atoms with Crippen molar-refractivity contribution in [3.8, 4) is 17.0 Å². The van der Waals surface area contributed by atoms with E-state index in [-0.39, 0.29) is 17.7 Å². The predicted molar refractivity (Wildman–Crippen MR) is 106 cm³/mol. The van der Waals surface area contributed by atoms with E-state index in [0.29, 0.717) is 36.7 Å². The quantitative estimate of drug-likeness (QED) is 0.844. The van der Waals surface area contributed by atoms with Gasteiger partial charge in [-0.25, -0.2) is 0 Å². The number of nitrogens with two attached hydrogens (primary N) is 1. The Hall–Kier alpha value is -2.83. The maximum atomic E-state index is 12.6. The molecule has 7 nitrogen and oxygen atoms in total. The highest BCUT2D eigenvalue weighted by Crippen LogP contribution is 2.32. The van der Waals surface area contributed by atoms with Crippen molar-refractivity contribution in [3.63, 3.8) is 0 Å². The maximum Gasteiger partial charge on any atom is 0.228 e. The van der Waals surface area contributed by atoms with Crippen LogP contribution >= 0.6 is 0 Å². The number of carbonyl (C=O) groups is 1. The van der Waals surface area contributed by atoms with Crippen LogP contribution in [-0.4, -0.2) is 51.8 Å². The van der Waals surface area contributed by atoms with Gasteiger partial charge in [-0.3, -0.25) is 4.79 Å². The van der Waals surface area contributed by atoms with Gasteiger partial charge in [0.15, 0.2) is 5.82 Å². The molecule has 0 saturated carbocycles. The zero-order chi connectivity index (χ0) is 19.8. The Morgan fingerprint density at radius 1 is 1.22 bits per heavy atom. The van der Waals surface area contributed by atoms with Gasteiger partial charge in [-0.15, -0.1) is 10.2 Å². The number of nitrogens with zero attached hydrogens (tertiary/aromatic N) is 4. The molecule has 0 radical (unpaired) electrons. The minimum atomic E-state index is -0.397. The van der Waals surface area contributed by atoms with Crippen molar-refractivity contribution in [2.24, 2.45) is 5.41 Å². The van der Waals surface area contributed by atoms with Gasteiger partial charge in [0.25, 0.3) is 0 Å². The Bertz CT molecular complexity index is 847. The fourth-order valence-corrected chi connectivity index (χ4v) is 3.38. The highest BCUT2D eigenvalue weighted by atomic mass is 16.3. The Kier molecular flexibility index (Phi) is 4.95. The number of para-hydroxylation sites is 1. The van der Waals surface area contributed by atoms with E-state index in [1.54, 1.807) is 18.2 Å². The molecule has 0 aliphatic carbocycles. The summed E-state index contributed by atoms with van der Waals surface area (Å²) in [6.07, 6.45) is 0. The molecule has 0 unspecified atom stereocenters. The molecule has 3 rings (SSSR count). The molecule has 1 atom stereocenters. The molecule has 1 aromatic heterocycles. The van der Waals surface area contributed by atoms with E-state index < -0.39 is 5.41 Å². The summed E-state index contributed by atoms with van der Waals surface area (Å²) in [7, 11) is 0. The van der Waals surface area contributed by atoms with Gasteiger partial charge in [0.2, 0.25) is 5.91 Å². The van der Waals surface area contributed by atoms with Gasteiger partial charge in [-0.1, -0.05) is 32.9 Å². The van der Waals surface area contributed by atoms with Crippen molar-refractivity contribution in [1.29, 1.82) is 0 Å². The molecular weight excluding hydrogens is 342 g/mol. The number of phenols is 1. The monoisotopic (exact) mass is 369 g/mol. The Labute approximate surface area is 159 Å². The van der Waals surface area contributed by atoms with Crippen molar-refractivity contribution in [1.82, 2.24) is 15.1 Å². The molecule has 1 fully saturated rings. The molecule has 144 valence electrons. The second-order valence-corrected chi connectivity index (χ2v) is 8.06. The maximum absolute atomic E-state index is 12.6. The summed E-state index contributed by atoms with van der Waals surface area (Å²) >= 11 is 0. The minimum absolute atomic E-state index is 0.0617. The van der Waals surface area contributed by atoms with Gasteiger partial charge >= 0.3 is 0 Å². The average Bonchev–Trinajstić information content (AvgIpc) is 2.61. The number of carbonyl (C=O) groups excluding carboxylic acids is 1. The topological polar surface area (TPSA) is 95.6 Å². The van der Waals surface area contributed by atoms with Crippen LogP contribution in [0.3, 0.4) is 0 Å². The lowest BCUT2D eigenvalue weighted by Crippen LogP contribution is -2.56. The first kappa shape index (κ1) is 18.9. The van der Waals surface area contributed by atoms with E-state index in [9.17, 15) is 9.90 Å². The van der Waals surface area contributed by atoms with E-state index in [4.69, 9.17) is 5.73 Å². The number of aromatic nitrogens is 2. The zero-order valence-corrected chi connectivity index (χ0v) is 16.3. The van der Waals surface area contributed by atoms with Gasteiger partial charge in [-0.2, -0.15) is 0 Å². The number of nitrogen functional groups attached to an aromatic ring is 1. The van der Waals surface area contributed by atoms with Crippen LogP contribution in [0.4, 0.5) is 11.5 Å². The minimum Gasteiger partial charge on any atom is -0.507 e. The van der Waals surface area contributed by atoms with Gasteiger partial charge in [0, 0.05) is 36.7 Å². The lowest BCUT2D eigenvalue weighted by molar-refractivity contribution is -0.142. The summed E-state index contributed by atoms with van der Waals surface area (Å²) in [5.41, 5.74) is 7.65.